The van der Waals surface area contributed by atoms with Crippen molar-refractivity contribution in [1.29, 1.82) is 0 Å². The number of hydrazone groups is 1. The highest BCUT2D eigenvalue weighted by Gasteiger charge is 2.08. The first-order valence-corrected chi connectivity index (χ1v) is 10.3. The summed E-state index contributed by atoms with van der Waals surface area (Å²) in [7, 11) is 0. The normalized spacial score (nSPS) is 11.5. The van der Waals surface area contributed by atoms with Crippen LogP contribution in [0.5, 0.6) is 0 Å². The average Bonchev–Trinajstić information content (AvgIpc) is 2.67. The van der Waals surface area contributed by atoms with Gasteiger partial charge in [0.25, 0.3) is 0 Å². The topological polar surface area (TPSA) is 54.4 Å². The molecule has 0 bridgehead atoms. The summed E-state index contributed by atoms with van der Waals surface area (Å²) in [5, 5.41) is 5.15. The van der Waals surface area contributed by atoms with Crippen LogP contribution in [0.3, 0.4) is 0 Å². The van der Waals surface area contributed by atoms with E-state index in [4.69, 9.17) is 0 Å². The van der Waals surface area contributed by atoms with E-state index in [1.807, 2.05) is 31.2 Å². The van der Waals surface area contributed by atoms with Gasteiger partial charge in [0.05, 0.1) is 17.5 Å². The third-order valence-corrected chi connectivity index (χ3v) is 5.47. The van der Waals surface area contributed by atoms with Crippen LogP contribution in [-0.2, 0) is 4.79 Å². The van der Waals surface area contributed by atoms with Crippen molar-refractivity contribution in [3.8, 4) is 0 Å². The maximum atomic E-state index is 12.2. The molecule has 1 amide bonds. The molecule has 2 aromatic carbocycles. The fraction of sp³-hybridized carbons (Fsp3) is 0.261. The Labute approximate surface area is 170 Å². The van der Waals surface area contributed by atoms with Gasteiger partial charge in [0.2, 0.25) is 5.91 Å². The first-order valence-electron chi connectivity index (χ1n) is 9.35. The molecule has 1 aromatic heterocycles. The Bertz CT molecular complexity index is 1010. The van der Waals surface area contributed by atoms with E-state index in [9.17, 15) is 4.79 Å². The largest absolute Gasteiger partial charge is 0.272 e. The highest BCUT2D eigenvalue weighted by atomic mass is 32.2. The molecule has 144 valence electrons. The van der Waals surface area contributed by atoms with Crippen molar-refractivity contribution in [1.82, 2.24) is 10.4 Å². The van der Waals surface area contributed by atoms with Crippen molar-refractivity contribution < 1.29 is 4.79 Å². The number of nitrogens with one attached hydrogen (secondary N) is 1. The Hall–Kier alpha value is -2.66. The summed E-state index contributed by atoms with van der Waals surface area (Å²) in [6.07, 6.45) is 1.67. The molecule has 0 aliphatic rings. The fourth-order valence-electron chi connectivity index (χ4n) is 2.88. The van der Waals surface area contributed by atoms with E-state index in [0.29, 0.717) is 11.7 Å². The number of carbonyl (C=O) groups is 1. The number of fused-ring (bicyclic) bond motifs is 1. The van der Waals surface area contributed by atoms with Crippen LogP contribution >= 0.6 is 11.8 Å². The quantitative estimate of drug-likeness (QED) is 0.356. The Morgan fingerprint density at radius 3 is 2.61 bits per heavy atom. The lowest BCUT2D eigenvalue weighted by molar-refractivity contribution is -0.118. The smallest absolute Gasteiger partial charge is 0.250 e. The highest BCUT2D eigenvalue weighted by Crippen LogP contribution is 2.28. The second-order valence-corrected chi connectivity index (χ2v) is 8.20. The Morgan fingerprint density at radius 2 is 1.89 bits per heavy atom. The number of thioether (sulfide) groups is 1. The van der Waals surface area contributed by atoms with E-state index in [1.165, 1.54) is 22.9 Å². The molecule has 0 saturated carbocycles. The third-order valence-electron chi connectivity index (χ3n) is 4.42. The van der Waals surface area contributed by atoms with Gasteiger partial charge in [0.1, 0.15) is 0 Å². The SMILES string of the molecule is Cc1ccc2nc(C)cc(SCC(=O)N/N=C/c3ccc(C(C)C)cc3)c2c1. The van der Waals surface area contributed by atoms with E-state index in [2.05, 4.69) is 60.5 Å². The van der Waals surface area contributed by atoms with E-state index in [1.54, 1.807) is 6.21 Å². The highest BCUT2D eigenvalue weighted by molar-refractivity contribution is 8.00. The van der Waals surface area contributed by atoms with E-state index in [0.717, 1.165) is 27.1 Å². The van der Waals surface area contributed by atoms with Crippen molar-refractivity contribution in [2.75, 3.05) is 5.75 Å². The summed E-state index contributed by atoms with van der Waals surface area (Å²) in [5.41, 5.74) is 7.93. The lowest BCUT2D eigenvalue weighted by Crippen LogP contribution is -2.19. The van der Waals surface area contributed by atoms with Gasteiger partial charge in [0.15, 0.2) is 0 Å². The van der Waals surface area contributed by atoms with Crippen molar-refractivity contribution in [3.05, 3.63) is 70.9 Å². The van der Waals surface area contributed by atoms with Crippen molar-refractivity contribution in [3.63, 3.8) is 0 Å². The summed E-state index contributed by atoms with van der Waals surface area (Å²) < 4.78 is 0. The van der Waals surface area contributed by atoms with E-state index >= 15 is 0 Å². The summed E-state index contributed by atoms with van der Waals surface area (Å²) in [6.45, 7) is 8.35. The Morgan fingerprint density at radius 1 is 1.14 bits per heavy atom. The second-order valence-electron chi connectivity index (χ2n) is 7.19. The van der Waals surface area contributed by atoms with Gasteiger partial charge in [-0.15, -0.1) is 11.8 Å². The van der Waals surface area contributed by atoms with Crippen molar-refractivity contribution in [2.45, 2.75) is 38.5 Å². The molecule has 4 nitrogen and oxygen atoms in total. The molecule has 0 unspecified atom stereocenters. The summed E-state index contributed by atoms with van der Waals surface area (Å²) >= 11 is 1.51. The first-order chi connectivity index (χ1) is 13.4. The summed E-state index contributed by atoms with van der Waals surface area (Å²) in [5.74, 6) is 0.672. The maximum Gasteiger partial charge on any atom is 0.250 e. The molecule has 5 heteroatoms. The predicted octanol–water partition coefficient (Wildman–Crippen LogP) is 5.22. The van der Waals surface area contributed by atoms with Crippen LogP contribution in [0, 0.1) is 13.8 Å². The molecule has 1 heterocycles. The van der Waals surface area contributed by atoms with Crippen LogP contribution in [0.15, 0.2) is 58.5 Å². The molecular weight excluding hydrogens is 366 g/mol. The zero-order chi connectivity index (χ0) is 20.1. The number of aryl methyl sites for hydroxylation is 2. The number of aromatic nitrogens is 1. The zero-order valence-electron chi connectivity index (χ0n) is 16.7. The molecule has 0 atom stereocenters. The van der Waals surface area contributed by atoms with Crippen LogP contribution in [0.4, 0.5) is 0 Å². The van der Waals surface area contributed by atoms with Gasteiger partial charge < -0.3 is 0 Å². The number of pyridine rings is 1. The van der Waals surface area contributed by atoms with E-state index in [-0.39, 0.29) is 5.91 Å². The van der Waals surface area contributed by atoms with Gasteiger partial charge >= 0.3 is 0 Å². The lowest BCUT2D eigenvalue weighted by atomic mass is 10.0. The van der Waals surface area contributed by atoms with Crippen molar-refractivity contribution in [2.24, 2.45) is 5.10 Å². The molecule has 0 aliphatic carbocycles. The molecule has 1 N–H and O–H groups in total. The van der Waals surface area contributed by atoms with Gasteiger partial charge in [-0.25, -0.2) is 5.43 Å². The van der Waals surface area contributed by atoms with Gasteiger partial charge in [-0.2, -0.15) is 5.10 Å². The van der Waals surface area contributed by atoms with Gasteiger partial charge in [-0.05, 0) is 49.1 Å². The molecular formula is C23H25N3OS. The summed E-state index contributed by atoms with van der Waals surface area (Å²) in [4.78, 5) is 17.8. The van der Waals surface area contributed by atoms with Crippen LogP contribution in [0.25, 0.3) is 10.9 Å². The standard InChI is InChI=1S/C23H25N3OS/c1-15(2)19-8-6-18(7-9-19)13-24-26-23(27)14-28-22-12-17(4)25-21-10-5-16(3)11-20(21)22/h5-13,15H,14H2,1-4H3,(H,26,27)/b24-13+. The molecule has 0 spiro atoms. The monoisotopic (exact) mass is 391 g/mol. The minimum absolute atomic E-state index is 0.129. The lowest BCUT2D eigenvalue weighted by Gasteiger charge is -2.08. The number of hydrogen-bond acceptors (Lipinski definition) is 4. The van der Waals surface area contributed by atoms with Crippen LogP contribution < -0.4 is 5.43 Å². The Balaban J connectivity index is 1.60. The first kappa shape index (κ1) is 20.1. The number of rotatable bonds is 6. The minimum atomic E-state index is -0.129. The zero-order valence-corrected chi connectivity index (χ0v) is 17.5. The molecule has 3 rings (SSSR count). The number of carbonyl (C=O) groups excluding carboxylic acids is 1. The average molecular weight is 392 g/mol. The summed E-state index contributed by atoms with van der Waals surface area (Å²) in [6, 6.07) is 16.4. The number of hydrogen-bond donors (Lipinski definition) is 1. The second kappa shape index (κ2) is 9.02. The minimum Gasteiger partial charge on any atom is -0.272 e. The number of amides is 1. The molecule has 0 saturated heterocycles. The number of nitrogens with zero attached hydrogens (tertiary/aromatic N) is 2. The predicted molar refractivity (Wildman–Crippen MR) is 118 cm³/mol. The molecule has 28 heavy (non-hydrogen) atoms. The van der Waals surface area contributed by atoms with Gasteiger partial charge in [0, 0.05) is 16.0 Å². The van der Waals surface area contributed by atoms with Crippen LogP contribution in [-0.4, -0.2) is 22.9 Å². The molecule has 3 aromatic rings. The van der Waals surface area contributed by atoms with Crippen LogP contribution in [0.1, 0.15) is 42.1 Å². The Kier molecular flexibility index (Phi) is 6.47. The van der Waals surface area contributed by atoms with Crippen LogP contribution in [0.2, 0.25) is 0 Å². The van der Waals surface area contributed by atoms with Gasteiger partial charge in [-0.1, -0.05) is 49.7 Å². The molecule has 0 fully saturated rings. The third kappa shape index (κ3) is 5.20. The molecule has 0 aliphatic heterocycles. The van der Waals surface area contributed by atoms with E-state index < -0.39 is 0 Å². The number of benzene rings is 2. The van der Waals surface area contributed by atoms with Crippen molar-refractivity contribution >= 4 is 34.8 Å². The maximum absolute atomic E-state index is 12.2. The molecule has 0 radical (unpaired) electrons. The fourth-order valence-corrected chi connectivity index (χ4v) is 3.80. The van der Waals surface area contributed by atoms with Gasteiger partial charge in [-0.3, -0.25) is 9.78 Å².